The van der Waals surface area contributed by atoms with E-state index in [0.717, 1.165) is 22.2 Å². The van der Waals surface area contributed by atoms with E-state index in [1.54, 1.807) is 0 Å². The molecular weight excluding hydrogens is 399 g/mol. The average Bonchev–Trinajstić information content (AvgIpc) is 3.06. The highest BCUT2D eigenvalue weighted by Gasteiger charge is 2.16. The molecule has 4 aromatic rings. The second-order valence-corrected chi connectivity index (χ2v) is 6.79. The van der Waals surface area contributed by atoms with Crippen LogP contribution in [-0.4, -0.2) is 9.91 Å². The van der Waals surface area contributed by atoms with Crippen LogP contribution in [0, 0.1) is 10.1 Å². The summed E-state index contributed by atoms with van der Waals surface area (Å²) in [4.78, 5) is 13.7. The molecular formula is C20H12Cl2N4O2. The van der Waals surface area contributed by atoms with Crippen molar-refractivity contribution in [3.05, 3.63) is 86.9 Å². The lowest BCUT2D eigenvalue weighted by molar-refractivity contribution is -0.384. The first-order chi connectivity index (χ1) is 13.5. The number of fused-ring (bicyclic) bond motifs is 1. The van der Waals surface area contributed by atoms with Crippen LogP contribution in [0.15, 0.2) is 77.0 Å². The normalized spacial score (nSPS) is 11.4. The maximum atomic E-state index is 10.9. The molecule has 0 atom stereocenters. The third-order valence-electron chi connectivity index (χ3n) is 4.20. The summed E-state index contributed by atoms with van der Waals surface area (Å²) >= 11 is 12.3. The maximum absolute atomic E-state index is 10.9. The van der Waals surface area contributed by atoms with E-state index in [4.69, 9.17) is 23.2 Å². The van der Waals surface area contributed by atoms with Gasteiger partial charge < -0.3 is 4.98 Å². The first-order valence-corrected chi connectivity index (χ1v) is 9.01. The van der Waals surface area contributed by atoms with Gasteiger partial charge in [0.2, 0.25) is 0 Å². The minimum atomic E-state index is -0.564. The summed E-state index contributed by atoms with van der Waals surface area (Å²) in [5.41, 5.74) is 3.28. The number of nitrogens with one attached hydrogen (secondary N) is 1. The zero-order valence-corrected chi connectivity index (χ0v) is 15.8. The smallest absolute Gasteiger partial charge is 0.272 e. The van der Waals surface area contributed by atoms with Crippen LogP contribution in [0.5, 0.6) is 0 Å². The molecule has 0 fully saturated rings. The fourth-order valence-electron chi connectivity index (χ4n) is 2.90. The van der Waals surface area contributed by atoms with Gasteiger partial charge in [-0.05, 0) is 6.07 Å². The molecule has 6 nitrogen and oxygen atoms in total. The third-order valence-corrected chi connectivity index (χ3v) is 4.78. The average molecular weight is 411 g/mol. The summed E-state index contributed by atoms with van der Waals surface area (Å²) < 4.78 is 0. The van der Waals surface area contributed by atoms with E-state index < -0.39 is 4.92 Å². The van der Waals surface area contributed by atoms with Gasteiger partial charge in [0.05, 0.1) is 20.7 Å². The van der Waals surface area contributed by atoms with Gasteiger partial charge in [-0.15, -0.1) is 10.2 Å². The number of azo groups is 1. The Hall–Kier alpha value is -3.22. The first kappa shape index (κ1) is 18.2. The number of hydrogen-bond donors (Lipinski definition) is 1. The molecule has 0 bridgehead atoms. The first-order valence-electron chi connectivity index (χ1n) is 8.26. The van der Waals surface area contributed by atoms with Crippen molar-refractivity contribution in [2.45, 2.75) is 0 Å². The predicted octanol–water partition coefficient (Wildman–Crippen LogP) is 7.47. The van der Waals surface area contributed by atoms with Gasteiger partial charge in [0, 0.05) is 28.6 Å². The lowest BCUT2D eigenvalue weighted by atomic mass is 10.1. The standard InChI is InChI=1S/C20H12Cl2N4O2/c21-15-10-13(26(27)28)11-16(22)20(15)25-24-19-14-8-4-5-9-17(14)23-18(19)12-6-2-1-3-7-12/h1-11,23H. The van der Waals surface area contributed by atoms with E-state index in [0.29, 0.717) is 5.69 Å². The SMILES string of the molecule is O=[N+]([O-])c1cc(Cl)c(N=Nc2c(-c3ccccc3)[nH]c3ccccc23)c(Cl)c1. The molecule has 0 spiro atoms. The summed E-state index contributed by atoms with van der Waals surface area (Å²) in [6.07, 6.45) is 0. The fraction of sp³-hybridized carbons (Fsp3) is 0. The largest absolute Gasteiger partial charge is 0.353 e. The van der Waals surface area contributed by atoms with Gasteiger partial charge in [0.1, 0.15) is 11.4 Å². The number of H-pyrrole nitrogens is 1. The van der Waals surface area contributed by atoms with Crippen LogP contribution in [-0.2, 0) is 0 Å². The van der Waals surface area contributed by atoms with Crippen LogP contribution >= 0.6 is 23.2 Å². The zero-order valence-electron chi connectivity index (χ0n) is 14.3. The molecule has 4 rings (SSSR count). The topological polar surface area (TPSA) is 83.7 Å². The number of rotatable bonds is 4. The maximum Gasteiger partial charge on any atom is 0.272 e. The Labute approximate surface area is 169 Å². The van der Waals surface area contributed by atoms with Crippen molar-refractivity contribution in [2.24, 2.45) is 10.2 Å². The molecule has 8 heteroatoms. The third kappa shape index (κ3) is 3.35. The second-order valence-electron chi connectivity index (χ2n) is 5.98. The molecule has 0 amide bonds. The molecule has 1 heterocycles. The van der Waals surface area contributed by atoms with Gasteiger partial charge in [0.15, 0.2) is 0 Å². The summed E-state index contributed by atoms with van der Waals surface area (Å²) in [6, 6.07) is 19.9. The van der Waals surface area contributed by atoms with Crippen molar-refractivity contribution in [2.75, 3.05) is 0 Å². The fourth-order valence-corrected chi connectivity index (χ4v) is 3.45. The van der Waals surface area contributed by atoms with E-state index in [1.165, 1.54) is 12.1 Å². The number of aromatic amines is 1. The number of nitrogens with zero attached hydrogens (tertiary/aromatic N) is 3. The monoisotopic (exact) mass is 410 g/mol. The van der Waals surface area contributed by atoms with Crippen LogP contribution in [0.1, 0.15) is 0 Å². The lowest BCUT2D eigenvalue weighted by Gasteiger charge is -2.02. The number of para-hydroxylation sites is 1. The Morgan fingerprint density at radius 1 is 0.857 bits per heavy atom. The Morgan fingerprint density at radius 2 is 1.46 bits per heavy atom. The second kappa shape index (κ2) is 7.42. The molecule has 28 heavy (non-hydrogen) atoms. The highest BCUT2D eigenvalue weighted by atomic mass is 35.5. The minimum absolute atomic E-state index is 0.0593. The molecule has 0 saturated heterocycles. The minimum Gasteiger partial charge on any atom is -0.353 e. The zero-order chi connectivity index (χ0) is 19.7. The van der Waals surface area contributed by atoms with Gasteiger partial charge >= 0.3 is 0 Å². The molecule has 0 unspecified atom stereocenters. The van der Waals surface area contributed by atoms with E-state index in [9.17, 15) is 10.1 Å². The van der Waals surface area contributed by atoms with Crippen LogP contribution in [0.4, 0.5) is 17.1 Å². The van der Waals surface area contributed by atoms with Crippen molar-refractivity contribution in [3.63, 3.8) is 0 Å². The number of nitro groups is 1. The van der Waals surface area contributed by atoms with E-state index in [2.05, 4.69) is 15.2 Å². The summed E-state index contributed by atoms with van der Waals surface area (Å²) in [6.45, 7) is 0. The number of halogens is 2. The lowest BCUT2D eigenvalue weighted by Crippen LogP contribution is -1.87. The summed E-state index contributed by atoms with van der Waals surface area (Å²) in [5, 5.41) is 20.5. The highest BCUT2D eigenvalue weighted by Crippen LogP contribution is 2.41. The molecule has 0 radical (unpaired) electrons. The molecule has 1 N–H and O–H groups in total. The molecule has 0 saturated carbocycles. The Morgan fingerprint density at radius 3 is 2.14 bits per heavy atom. The summed E-state index contributed by atoms with van der Waals surface area (Å²) in [7, 11) is 0. The van der Waals surface area contributed by atoms with Crippen LogP contribution in [0.3, 0.4) is 0 Å². The van der Waals surface area contributed by atoms with E-state index in [-0.39, 0.29) is 21.4 Å². The molecule has 1 aromatic heterocycles. The van der Waals surface area contributed by atoms with Crippen molar-refractivity contribution in [1.82, 2.24) is 4.98 Å². The molecule has 0 aliphatic rings. The van der Waals surface area contributed by atoms with Crippen LogP contribution in [0.2, 0.25) is 10.0 Å². The quantitative estimate of drug-likeness (QED) is 0.215. The van der Waals surface area contributed by atoms with Crippen molar-refractivity contribution < 1.29 is 4.92 Å². The van der Waals surface area contributed by atoms with Gasteiger partial charge in [-0.1, -0.05) is 71.7 Å². The number of nitro benzene ring substituents is 1. The Balaban J connectivity index is 1.85. The highest BCUT2D eigenvalue weighted by molar-refractivity contribution is 6.39. The molecule has 3 aromatic carbocycles. The Kier molecular flexibility index (Phi) is 4.81. The van der Waals surface area contributed by atoms with Crippen molar-refractivity contribution >= 4 is 51.2 Å². The molecule has 0 aliphatic carbocycles. The van der Waals surface area contributed by atoms with E-state index in [1.807, 2.05) is 54.6 Å². The molecule has 0 aliphatic heterocycles. The number of non-ortho nitro benzene ring substituents is 1. The van der Waals surface area contributed by atoms with Gasteiger partial charge in [-0.3, -0.25) is 10.1 Å². The van der Waals surface area contributed by atoms with Crippen LogP contribution < -0.4 is 0 Å². The van der Waals surface area contributed by atoms with Crippen LogP contribution in [0.25, 0.3) is 22.2 Å². The summed E-state index contributed by atoms with van der Waals surface area (Å²) in [5.74, 6) is 0. The van der Waals surface area contributed by atoms with E-state index >= 15 is 0 Å². The van der Waals surface area contributed by atoms with Gasteiger partial charge in [-0.25, -0.2) is 0 Å². The van der Waals surface area contributed by atoms with Gasteiger partial charge in [-0.2, -0.15) is 0 Å². The van der Waals surface area contributed by atoms with Gasteiger partial charge in [0.25, 0.3) is 5.69 Å². The Bertz CT molecular complexity index is 1200. The predicted molar refractivity (Wildman–Crippen MR) is 111 cm³/mol. The van der Waals surface area contributed by atoms with Crippen molar-refractivity contribution in [1.29, 1.82) is 0 Å². The number of benzene rings is 3. The number of aromatic nitrogens is 1. The molecule has 138 valence electrons. The van der Waals surface area contributed by atoms with Crippen molar-refractivity contribution in [3.8, 4) is 11.3 Å². The number of hydrogen-bond acceptors (Lipinski definition) is 4.